The maximum atomic E-state index is 13.3. The van der Waals surface area contributed by atoms with Gasteiger partial charge in [-0.05, 0) is 44.9 Å². The summed E-state index contributed by atoms with van der Waals surface area (Å²) in [5, 5.41) is 12.3. The molecule has 0 amide bonds. The summed E-state index contributed by atoms with van der Waals surface area (Å²) in [5.74, 6) is -1.21. The lowest BCUT2D eigenvalue weighted by Crippen LogP contribution is -2.41. The fraction of sp³-hybridized carbons (Fsp3) is 0.533. The van der Waals surface area contributed by atoms with Crippen molar-refractivity contribution in [2.24, 2.45) is 0 Å². The van der Waals surface area contributed by atoms with E-state index in [-0.39, 0.29) is 12.4 Å². The first kappa shape index (κ1) is 16.4. The number of hydrogen-bond donors (Lipinski definition) is 1. The van der Waals surface area contributed by atoms with Crippen LogP contribution in [0.1, 0.15) is 33.1 Å². The van der Waals surface area contributed by atoms with Crippen LogP contribution in [0.25, 0.3) is 0 Å². The topological polar surface area (TPSA) is 45.0 Å². The molecule has 1 aromatic carbocycles. The van der Waals surface area contributed by atoms with Gasteiger partial charge in [-0.15, -0.1) is 0 Å². The second-order valence-electron chi connectivity index (χ2n) is 4.90. The second kappa shape index (κ2) is 7.81. The Kier molecular flexibility index (Phi) is 6.40. The number of benzene rings is 1. The van der Waals surface area contributed by atoms with Gasteiger partial charge < -0.3 is 4.74 Å². The summed E-state index contributed by atoms with van der Waals surface area (Å²) in [7, 11) is 0. The summed E-state index contributed by atoms with van der Waals surface area (Å²) in [4.78, 5) is 0. The Balaban J connectivity index is 2.41. The van der Waals surface area contributed by atoms with E-state index in [1.165, 1.54) is 0 Å². The summed E-state index contributed by atoms with van der Waals surface area (Å²) < 4.78 is 31.5. The molecule has 110 valence electrons. The largest absolute Gasteiger partial charge is 0.490 e. The minimum atomic E-state index is -0.611. The van der Waals surface area contributed by atoms with Gasteiger partial charge >= 0.3 is 0 Å². The quantitative estimate of drug-likeness (QED) is 0.743. The Bertz CT molecular complexity index is 473. The Hall–Kier alpha value is -1.67. The van der Waals surface area contributed by atoms with E-state index in [2.05, 4.69) is 11.4 Å². The molecule has 0 fully saturated rings. The Morgan fingerprint density at radius 3 is 2.80 bits per heavy atom. The standard InChI is InChI=1S/C15H20F2N2O/c1-3-8-19-15(2,11-18)7-4-9-20-14-10-12(16)5-6-13(14)17/h5-6,10,19H,3-4,7-9H2,1-2H3. The molecule has 0 aromatic heterocycles. The minimum absolute atomic E-state index is 0.0924. The summed E-state index contributed by atoms with van der Waals surface area (Å²) in [6.45, 7) is 4.86. The van der Waals surface area contributed by atoms with Gasteiger partial charge in [0.05, 0.1) is 12.7 Å². The fourth-order valence-corrected chi connectivity index (χ4v) is 1.78. The molecule has 0 aliphatic heterocycles. The normalized spacial score (nSPS) is 13.6. The number of nitriles is 1. The van der Waals surface area contributed by atoms with Crippen LogP contribution in [0.2, 0.25) is 0 Å². The zero-order valence-electron chi connectivity index (χ0n) is 11.9. The van der Waals surface area contributed by atoms with Crippen molar-refractivity contribution in [3.63, 3.8) is 0 Å². The van der Waals surface area contributed by atoms with Gasteiger partial charge in [-0.25, -0.2) is 8.78 Å². The highest BCUT2D eigenvalue weighted by atomic mass is 19.1. The van der Waals surface area contributed by atoms with E-state index < -0.39 is 17.2 Å². The summed E-state index contributed by atoms with van der Waals surface area (Å²) in [6, 6.07) is 5.33. The molecule has 0 saturated heterocycles. The minimum Gasteiger partial charge on any atom is -0.490 e. The van der Waals surface area contributed by atoms with Crippen molar-refractivity contribution in [3.8, 4) is 11.8 Å². The molecule has 1 unspecified atom stereocenters. The third kappa shape index (κ3) is 5.14. The van der Waals surface area contributed by atoms with Crippen LogP contribution in [0.15, 0.2) is 18.2 Å². The lowest BCUT2D eigenvalue weighted by Gasteiger charge is -2.23. The van der Waals surface area contributed by atoms with Crippen LogP contribution < -0.4 is 10.1 Å². The number of nitrogens with one attached hydrogen (secondary N) is 1. The number of halogens is 2. The summed E-state index contributed by atoms with van der Waals surface area (Å²) in [6.07, 6.45) is 2.11. The summed E-state index contributed by atoms with van der Waals surface area (Å²) in [5.41, 5.74) is -0.611. The van der Waals surface area contributed by atoms with Crippen LogP contribution >= 0.6 is 0 Å². The van der Waals surface area contributed by atoms with E-state index in [0.29, 0.717) is 12.8 Å². The molecule has 0 spiro atoms. The third-order valence-corrected chi connectivity index (χ3v) is 2.98. The van der Waals surface area contributed by atoms with E-state index >= 15 is 0 Å². The molecule has 1 atom stereocenters. The molecule has 0 aliphatic carbocycles. The average Bonchev–Trinajstić information content (AvgIpc) is 2.45. The molecular formula is C15H20F2N2O. The Morgan fingerprint density at radius 1 is 1.40 bits per heavy atom. The molecular weight excluding hydrogens is 262 g/mol. The molecule has 5 heteroatoms. The highest BCUT2D eigenvalue weighted by Gasteiger charge is 2.21. The van der Waals surface area contributed by atoms with Crippen LogP contribution in [-0.4, -0.2) is 18.7 Å². The van der Waals surface area contributed by atoms with Gasteiger partial charge in [-0.3, -0.25) is 5.32 Å². The van der Waals surface area contributed by atoms with Crippen LogP contribution in [0, 0.1) is 23.0 Å². The van der Waals surface area contributed by atoms with Crippen molar-refractivity contribution in [2.75, 3.05) is 13.2 Å². The molecule has 0 saturated carbocycles. The van der Waals surface area contributed by atoms with Crippen molar-refractivity contribution >= 4 is 0 Å². The second-order valence-corrected chi connectivity index (χ2v) is 4.90. The number of hydrogen-bond acceptors (Lipinski definition) is 3. The number of rotatable bonds is 8. The predicted octanol–water partition coefficient (Wildman–Crippen LogP) is 3.41. The van der Waals surface area contributed by atoms with Crippen molar-refractivity contribution < 1.29 is 13.5 Å². The molecule has 0 heterocycles. The lowest BCUT2D eigenvalue weighted by atomic mass is 9.98. The van der Waals surface area contributed by atoms with Crippen LogP contribution in [-0.2, 0) is 0 Å². The molecule has 3 nitrogen and oxygen atoms in total. The van der Waals surface area contributed by atoms with Crippen molar-refractivity contribution in [1.82, 2.24) is 5.32 Å². The van der Waals surface area contributed by atoms with Gasteiger partial charge in [0, 0.05) is 6.07 Å². The molecule has 0 aliphatic rings. The van der Waals surface area contributed by atoms with Gasteiger partial charge in [-0.1, -0.05) is 6.92 Å². The van der Waals surface area contributed by atoms with Crippen LogP contribution in [0.4, 0.5) is 8.78 Å². The number of ether oxygens (including phenoxy) is 1. The van der Waals surface area contributed by atoms with Gasteiger partial charge in [-0.2, -0.15) is 5.26 Å². The average molecular weight is 282 g/mol. The van der Waals surface area contributed by atoms with Gasteiger partial charge in [0.2, 0.25) is 0 Å². The zero-order valence-corrected chi connectivity index (χ0v) is 11.9. The van der Waals surface area contributed by atoms with Crippen LogP contribution in [0.5, 0.6) is 5.75 Å². The summed E-state index contributed by atoms with van der Waals surface area (Å²) >= 11 is 0. The van der Waals surface area contributed by atoms with E-state index in [1.807, 2.05) is 13.8 Å². The molecule has 1 rings (SSSR count). The fourth-order valence-electron chi connectivity index (χ4n) is 1.78. The maximum Gasteiger partial charge on any atom is 0.165 e. The highest BCUT2D eigenvalue weighted by molar-refractivity contribution is 5.24. The first-order valence-corrected chi connectivity index (χ1v) is 6.75. The van der Waals surface area contributed by atoms with Crippen LogP contribution in [0.3, 0.4) is 0 Å². The van der Waals surface area contributed by atoms with Crippen molar-refractivity contribution in [1.29, 1.82) is 5.26 Å². The van der Waals surface area contributed by atoms with E-state index in [1.54, 1.807) is 0 Å². The third-order valence-electron chi connectivity index (χ3n) is 2.98. The van der Waals surface area contributed by atoms with Gasteiger partial charge in [0.15, 0.2) is 11.6 Å². The molecule has 1 aromatic rings. The highest BCUT2D eigenvalue weighted by Crippen LogP contribution is 2.19. The zero-order chi connectivity index (χ0) is 15.0. The molecule has 0 radical (unpaired) electrons. The van der Waals surface area contributed by atoms with Crippen molar-refractivity contribution in [3.05, 3.63) is 29.8 Å². The van der Waals surface area contributed by atoms with E-state index in [9.17, 15) is 8.78 Å². The van der Waals surface area contributed by atoms with E-state index in [4.69, 9.17) is 10.00 Å². The smallest absolute Gasteiger partial charge is 0.165 e. The van der Waals surface area contributed by atoms with Crippen molar-refractivity contribution in [2.45, 2.75) is 38.6 Å². The number of nitrogens with zero attached hydrogens (tertiary/aromatic N) is 1. The lowest BCUT2D eigenvalue weighted by molar-refractivity contribution is 0.273. The molecule has 20 heavy (non-hydrogen) atoms. The molecule has 1 N–H and O–H groups in total. The first-order chi connectivity index (χ1) is 9.50. The SMILES string of the molecule is CCCNC(C)(C#N)CCCOc1cc(F)ccc1F. The Morgan fingerprint density at radius 2 is 2.15 bits per heavy atom. The van der Waals surface area contributed by atoms with Gasteiger partial charge in [0.1, 0.15) is 11.4 Å². The van der Waals surface area contributed by atoms with Gasteiger partial charge in [0.25, 0.3) is 0 Å². The maximum absolute atomic E-state index is 13.3. The van der Waals surface area contributed by atoms with E-state index in [0.717, 1.165) is 31.2 Å². The molecule has 0 bridgehead atoms. The first-order valence-electron chi connectivity index (χ1n) is 6.75. The predicted molar refractivity (Wildman–Crippen MR) is 73.4 cm³/mol. The Labute approximate surface area is 118 Å². The monoisotopic (exact) mass is 282 g/mol.